The van der Waals surface area contributed by atoms with Crippen molar-refractivity contribution in [3.05, 3.63) is 35.2 Å². The second-order valence-corrected chi connectivity index (χ2v) is 6.87. The van der Waals surface area contributed by atoms with E-state index < -0.39 is 5.60 Å². The molecule has 2 N–H and O–H groups in total. The fourth-order valence-electron chi connectivity index (χ4n) is 2.59. The first-order chi connectivity index (χ1) is 8.98. The van der Waals surface area contributed by atoms with E-state index in [0.717, 1.165) is 13.0 Å². The van der Waals surface area contributed by atoms with Gasteiger partial charge >= 0.3 is 0 Å². The first kappa shape index (κ1) is 14.5. The first-order valence-corrected chi connectivity index (χ1v) is 7.74. The quantitative estimate of drug-likeness (QED) is 0.842. The van der Waals surface area contributed by atoms with Crippen molar-refractivity contribution in [1.29, 1.82) is 0 Å². The molecular formula is C16H23NOS. The van der Waals surface area contributed by atoms with E-state index in [1.165, 1.54) is 15.6 Å². The number of benzene rings is 1. The molecular weight excluding hydrogens is 254 g/mol. The maximum atomic E-state index is 10.3. The van der Waals surface area contributed by atoms with Gasteiger partial charge in [0.25, 0.3) is 0 Å². The standard InChI is InChI=1S/C16H23NOS/c1-12(2)8-16(3,18)11-17-9-13-10-19-15-7-5-4-6-14(13)15/h4-7,10,12,17-18H,8-9,11H2,1-3H3. The average molecular weight is 277 g/mol. The van der Waals surface area contributed by atoms with Crippen molar-refractivity contribution in [1.82, 2.24) is 5.32 Å². The zero-order valence-corrected chi connectivity index (χ0v) is 12.8. The molecule has 1 atom stereocenters. The summed E-state index contributed by atoms with van der Waals surface area (Å²) in [5.41, 5.74) is 0.695. The second-order valence-electron chi connectivity index (χ2n) is 5.96. The molecule has 2 aromatic rings. The van der Waals surface area contributed by atoms with Gasteiger partial charge in [0, 0.05) is 17.8 Å². The van der Waals surface area contributed by atoms with E-state index in [0.29, 0.717) is 12.5 Å². The Balaban J connectivity index is 1.92. The molecule has 1 aromatic heterocycles. The molecule has 0 amide bonds. The lowest BCUT2D eigenvalue weighted by molar-refractivity contribution is 0.0383. The zero-order valence-electron chi connectivity index (χ0n) is 11.9. The maximum absolute atomic E-state index is 10.3. The number of rotatable bonds is 6. The smallest absolute Gasteiger partial charge is 0.0746 e. The molecule has 0 fully saturated rings. The summed E-state index contributed by atoms with van der Waals surface area (Å²) in [5, 5.41) is 17.2. The largest absolute Gasteiger partial charge is 0.389 e. The highest BCUT2D eigenvalue weighted by Gasteiger charge is 2.21. The van der Waals surface area contributed by atoms with Gasteiger partial charge in [0.05, 0.1) is 5.60 Å². The summed E-state index contributed by atoms with van der Waals surface area (Å²) in [6.45, 7) is 7.64. The van der Waals surface area contributed by atoms with Crippen LogP contribution in [0.1, 0.15) is 32.8 Å². The Morgan fingerprint density at radius 1 is 1.32 bits per heavy atom. The number of thiophene rings is 1. The van der Waals surface area contributed by atoms with Crippen molar-refractivity contribution in [2.45, 2.75) is 39.3 Å². The fourth-order valence-corrected chi connectivity index (χ4v) is 3.55. The van der Waals surface area contributed by atoms with Crippen LogP contribution in [0.3, 0.4) is 0 Å². The van der Waals surface area contributed by atoms with Crippen LogP contribution in [-0.4, -0.2) is 17.3 Å². The Labute approximate surface area is 119 Å². The lowest BCUT2D eigenvalue weighted by Crippen LogP contribution is -2.38. The Hall–Kier alpha value is -0.900. The maximum Gasteiger partial charge on any atom is 0.0746 e. The predicted molar refractivity (Wildman–Crippen MR) is 83.6 cm³/mol. The van der Waals surface area contributed by atoms with Crippen LogP contribution in [0.5, 0.6) is 0 Å². The Morgan fingerprint density at radius 3 is 2.79 bits per heavy atom. The van der Waals surface area contributed by atoms with Gasteiger partial charge in [-0.1, -0.05) is 32.0 Å². The van der Waals surface area contributed by atoms with Crippen LogP contribution in [-0.2, 0) is 6.54 Å². The van der Waals surface area contributed by atoms with Crippen LogP contribution in [0.15, 0.2) is 29.6 Å². The molecule has 0 bridgehead atoms. The molecule has 0 radical (unpaired) electrons. The summed E-state index contributed by atoms with van der Waals surface area (Å²) in [7, 11) is 0. The highest BCUT2D eigenvalue weighted by molar-refractivity contribution is 7.17. The van der Waals surface area contributed by atoms with Crippen LogP contribution in [0.2, 0.25) is 0 Å². The third-order valence-electron chi connectivity index (χ3n) is 3.23. The van der Waals surface area contributed by atoms with Crippen LogP contribution in [0, 0.1) is 5.92 Å². The minimum atomic E-state index is -0.625. The molecule has 2 rings (SSSR count). The Kier molecular flexibility index (Phi) is 4.61. The number of aliphatic hydroxyl groups is 1. The van der Waals surface area contributed by atoms with Gasteiger partial charge in [-0.2, -0.15) is 0 Å². The molecule has 0 spiro atoms. The average Bonchev–Trinajstić information content (AvgIpc) is 2.71. The molecule has 1 heterocycles. The molecule has 0 saturated carbocycles. The minimum Gasteiger partial charge on any atom is -0.389 e. The second kappa shape index (κ2) is 6.04. The third-order valence-corrected chi connectivity index (χ3v) is 4.24. The highest BCUT2D eigenvalue weighted by atomic mass is 32.1. The van der Waals surface area contributed by atoms with Gasteiger partial charge in [-0.15, -0.1) is 11.3 Å². The summed E-state index contributed by atoms with van der Waals surface area (Å²) in [5.74, 6) is 0.513. The van der Waals surface area contributed by atoms with Gasteiger partial charge in [0.1, 0.15) is 0 Å². The van der Waals surface area contributed by atoms with Gasteiger partial charge in [0.2, 0.25) is 0 Å². The number of nitrogens with one attached hydrogen (secondary N) is 1. The molecule has 0 aliphatic heterocycles. The van der Waals surface area contributed by atoms with E-state index in [4.69, 9.17) is 0 Å². The fraction of sp³-hybridized carbons (Fsp3) is 0.500. The van der Waals surface area contributed by atoms with Crippen LogP contribution in [0.25, 0.3) is 10.1 Å². The Bertz CT molecular complexity index is 530. The van der Waals surface area contributed by atoms with Gasteiger partial charge in [0.15, 0.2) is 0 Å². The highest BCUT2D eigenvalue weighted by Crippen LogP contribution is 2.25. The van der Waals surface area contributed by atoms with E-state index >= 15 is 0 Å². The molecule has 0 aliphatic carbocycles. The van der Waals surface area contributed by atoms with Crippen molar-refractivity contribution < 1.29 is 5.11 Å². The van der Waals surface area contributed by atoms with Crippen molar-refractivity contribution >= 4 is 21.4 Å². The normalized spacial score (nSPS) is 15.0. The number of hydrogen-bond donors (Lipinski definition) is 2. The molecule has 104 valence electrons. The van der Waals surface area contributed by atoms with Crippen molar-refractivity contribution in [3.63, 3.8) is 0 Å². The lowest BCUT2D eigenvalue weighted by Gasteiger charge is -2.25. The SMILES string of the molecule is CC(C)CC(C)(O)CNCc1csc2ccccc12. The molecule has 3 heteroatoms. The number of hydrogen-bond acceptors (Lipinski definition) is 3. The van der Waals surface area contributed by atoms with Gasteiger partial charge < -0.3 is 10.4 Å². The Morgan fingerprint density at radius 2 is 2.05 bits per heavy atom. The third kappa shape index (κ3) is 4.03. The topological polar surface area (TPSA) is 32.3 Å². The first-order valence-electron chi connectivity index (χ1n) is 6.86. The summed E-state index contributed by atoms with van der Waals surface area (Å²) in [6.07, 6.45) is 0.824. The van der Waals surface area contributed by atoms with E-state index in [2.05, 4.69) is 48.8 Å². The lowest BCUT2D eigenvalue weighted by atomic mass is 9.94. The summed E-state index contributed by atoms with van der Waals surface area (Å²) in [6, 6.07) is 8.46. The van der Waals surface area contributed by atoms with Crippen molar-refractivity contribution in [2.24, 2.45) is 5.92 Å². The summed E-state index contributed by atoms with van der Waals surface area (Å²) >= 11 is 1.78. The molecule has 1 unspecified atom stereocenters. The summed E-state index contributed by atoms with van der Waals surface area (Å²) in [4.78, 5) is 0. The molecule has 1 aromatic carbocycles. The molecule has 2 nitrogen and oxygen atoms in total. The van der Waals surface area contributed by atoms with Gasteiger partial charge in [-0.3, -0.25) is 0 Å². The van der Waals surface area contributed by atoms with Gasteiger partial charge in [-0.05, 0) is 41.7 Å². The summed E-state index contributed by atoms with van der Waals surface area (Å²) < 4.78 is 1.33. The van der Waals surface area contributed by atoms with E-state index in [9.17, 15) is 5.11 Å². The molecule has 0 aliphatic rings. The zero-order chi connectivity index (χ0) is 13.9. The van der Waals surface area contributed by atoms with Gasteiger partial charge in [-0.25, -0.2) is 0 Å². The molecule has 19 heavy (non-hydrogen) atoms. The van der Waals surface area contributed by atoms with E-state index in [1.807, 2.05) is 6.92 Å². The van der Waals surface area contributed by atoms with E-state index in [1.54, 1.807) is 11.3 Å². The minimum absolute atomic E-state index is 0.513. The number of fused-ring (bicyclic) bond motifs is 1. The van der Waals surface area contributed by atoms with Crippen molar-refractivity contribution in [3.8, 4) is 0 Å². The van der Waals surface area contributed by atoms with Crippen molar-refractivity contribution in [2.75, 3.05) is 6.54 Å². The predicted octanol–water partition coefficient (Wildman–Crippen LogP) is 3.79. The molecule has 0 saturated heterocycles. The van der Waals surface area contributed by atoms with E-state index in [-0.39, 0.29) is 0 Å². The van der Waals surface area contributed by atoms with Crippen LogP contribution in [0.4, 0.5) is 0 Å². The monoisotopic (exact) mass is 277 g/mol. The van der Waals surface area contributed by atoms with Crippen LogP contribution < -0.4 is 5.32 Å². The van der Waals surface area contributed by atoms with Crippen LogP contribution >= 0.6 is 11.3 Å².